The molecule has 1 N–H and O–H groups in total. The van der Waals surface area contributed by atoms with Crippen LogP contribution in [0.15, 0.2) is 46.9 Å². The second kappa shape index (κ2) is 9.44. The molecule has 186 valence electrons. The molecule has 0 aliphatic heterocycles. The summed E-state index contributed by atoms with van der Waals surface area (Å²) in [6.07, 6.45) is 3.04. The average Bonchev–Trinajstić information content (AvgIpc) is 3.30. The van der Waals surface area contributed by atoms with Gasteiger partial charge in [0.15, 0.2) is 5.76 Å². The molecule has 1 aromatic heterocycles. The van der Waals surface area contributed by atoms with Gasteiger partial charge in [-0.3, -0.25) is 4.79 Å². The van der Waals surface area contributed by atoms with Gasteiger partial charge in [0.05, 0.1) is 14.2 Å². The Balaban J connectivity index is 1.48. The molecule has 0 fully saturated rings. The number of aryl methyl sites for hydroxylation is 1. The van der Waals surface area contributed by atoms with Gasteiger partial charge >= 0.3 is 0 Å². The van der Waals surface area contributed by atoms with Gasteiger partial charge in [-0.05, 0) is 82.7 Å². The molecular weight excluding hydrogens is 438 g/mol. The van der Waals surface area contributed by atoms with E-state index in [1.54, 1.807) is 26.4 Å². The summed E-state index contributed by atoms with van der Waals surface area (Å²) in [6, 6.07) is 13.9. The van der Waals surface area contributed by atoms with Crippen LogP contribution in [0.1, 0.15) is 84.7 Å². The molecule has 1 aliphatic rings. The Morgan fingerprint density at radius 2 is 1.51 bits per heavy atom. The van der Waals surface area contributed by atoms with Gasteiger partial charge in [-0.2, -0.15) is 0 Å². The van der Waals surface area contributed by atoms with Crippen LogP contribution in [0, 0.1) is 6.92 Å². The molecule has 0 unspecified atom stereocenters. The zero-order valence-electron chi connectivity index (χ0n) is 22.0. The highest BCUT2D eigenvalue weighted by Crippen LogP contribution is 2.46. The summed E-state index contributed by atoms with van der Waals surface area (Å²) in [5.74, 6) is 2.21. The van der Waals surface area contributed by atoms with E-state index >= 15 is 0 Å². The van der Waals surface area contributed by atoms with Crippen molar-refractivity contribution in [3.8, 4) is 11.5 Å². The fraction of sp³-hybridized carbons (Fsp3) is 0.433. The molecule has 1 aliphatic carbocycles. The van der Waals surface area contributed by atoms with Crippen molar-refractivity contribution >= 4 is 5.91 Å². The predicted molar refractivity (Wildman–Crippen MR) is 139 cm³/mol. The third-order valence-electron chi connectivity index (χ3n) is 7.42. The van der Waals surface area contributed by atoms with Crippen molar-refractivity contribution < 1.29 is 18.7 Å². The molecule has 5 heteroatoms. The number of methoxy groups -OCH3 is 2. The lowest BCUT2D eigenvalue weighted by Gasteiger charge is -2.42. The molecule has 1 heterocycles. The van der Waals surface area contributed by atoms with Crippen molar-refractivity contribution in [2.75, 3.05) is 14.2 Å². The molecule has 4 rings (SSSR count). The molecule has 0 radical (unpaired) electrons. The molecule has 0 saturated carbocycles. The van der Waals surface area contributed by atoms with E-state index in [-0.39, 0.29) is 16.7 Å². The van der Waals surface area contributed by atoms with Crippen LogP contribution in [0.3, 0.4) is 0 Å². The number of benzene rings is 2. The van der Waals surface area contributed by atoms with Crippen LogP contribution in [0.4, 0.5) is 0 Å². The van der Waals surface area contributed by atoms with Crippen LogP contribution in [-0.4, -0.2) is 20.1 Å². The van der Waals surface area contributed by atoms with E-state index < -0.39 is 0 Å². The SMILES string of the molecule is COc1cc(CNC(=O)c2ccc(Cc3cc4c(cc3C)C(C)(C)CCC4(C)C)o2)cc(OC)c1. The van der Waals surface area contributed by atoms with Crippen molar-refractivity contribution in [3.63, 3.8) is 0 Å². The number of rotatable bonds is 7. The number of carbonyl (C=O) groups is 1. The van der Waals surface area contributed by atoms with E-state index in [4.69, 9.17) is 13.9 Å². The van der Waals surface area contributed by atoms with Crippen molar-refractivity contribution in [3.05, 3.63) is 81.8 Å². The van der Waals surface area contributed by atoms with E-state index in [2.05, 4.69) is 52.1 Å². The van der Waals surface area contributed by atoms with Gasteiger partial charge in [-0.25, -0.2) is 0 Å². The highest BCUT2D eigenvalue weighted by Gasteiger charge is 2.37. The molecule has 35 heavy (non-hydrogen) atoms. The number of furan rings is 1. The molecule has 0 saturated heterocycles. The summed E-state index contributed by atoms with van der Waals surface area (Å²) in [6.45, 7) is 11.9. The van der Waals surface area contributed by atoms with Crippen LogP contribution in [-0.2, 0) is 23.8 Å². The Morgan fingerprint density at radius 3 is 2.11 bits per heavy atom. The minimum absolute atomic E-state index is 0.157. The Kier molecular flexibility index (Phi) is 6.72. The van der Waals surface area contributed by atoms with Gasteiger partial charge in [0.1, 0.15) is 17.3 Å². The van der Waals surface area contributed by atoms with E-state index in [1.807, 2.05) is 18.2 Å². The Labute approximate surface area is 208 Å². The zero-order valence-corrected chi connectivity index (χ0v) is 22.0. The second-order valence-corrected chi connectivity index (χ2v) is 10.9. The maximum Gasteiger partial charge on any atom is 0.287 e. The number of hydrogen-bond donors (Lipinski definition) is 1. The molecular formula is C30H37NO4. The Bertz CT molecular complexity index is 1210. The van der Waals surface area contributed by atoms with E-state index in [1.165, 1.54) is 35.1 Å². The van der Waals surface area contributed by atoms with Gasteiger partial charge in [0, 0.05) is 19.0 Å². The minimum atomic E-state index is -0.247. The summed E-state index contributed by atoms with van der Waals surface area (Å²) >= 11 is 0. The van der Waals surface area contributed by atoms with Crippen LogP contribution in [0.2, 0.25) is 0 Å². The van der Waals surface area contributed by atoms with Gasteiger partial charge in [-0.1, -0.05) is 39.8 Å². The fourth-order valence-electron chi connectivity index (χ4n) is 4.98. The smallest absolute Gasteiger partial charge is 0.287 e. The van der Waals surface area contributed by atoms with Crippen LogP contribution >= 0.6 is 0 Å². The van der Waals surface area contributed by atoms with Crippen LogP contribution in [0.5, 0.6) is 11.5 Å². The number of nitrogens with one attached hydrogen (secondary N) is 1. The van der Waals surface area contributed by atoms with Crippen molar-refractivity contribution in [1.82, 2.24) is 5.32 Å². The first-order valence-electron chi connectivity index (χ1n) is 12.3. The molecule has 3 aromatic rings. The number of amides is 1. The summed E-state index contributed by atoms with van der Waals surface area (Å²) in [5.41, 5.74) is 6.65. The van der Waals surface area contributed by atoms with E-state index in [0.29, 0.717) is 30.2 Å². The van der Waals surface area contributed by atoms with Gasteiger partial charge in [0.25, 0.3) is 5.91 Å². The quantitative estimate of drug-likeness (QED) is 0.425. The maximum atomic E-state index is 12.7. The van der Waals surface area contributed by atoms with Crippen LogP contribution < -0.4 is 14.8 Å². The minimum Gasteiger partial charge on any atom is -0.497 e. The first-order valence-corrected chi connectivity index (χ1v) is 12.3. The lowest BCUT2D eigenvalue weighted by Crippen LogP contribution is -2.34. The summed E-state index contributed by atoms with van der Waals surface area (Å²) in [4.78, 5) is 12.7. The third-order valence-corrected chi connectivity index (χ3v) is 7.42. The highest BCUT2D eigenvalue weighted by atomic mass is 16.5. The molecule has 2 aromatic carbocycles. The second-order valence-electron chi connectivity index (χ2n) is 10.9. The average molecular weight is 476 g/mol. The third kappa shape index (κ3) is 5.24. The standard InChI is InChI=1S/C30H37NO4/c1-19-12-25-26(30(4,5)11-10-29(25,2)3)16-21(19)15-22-8-9-27(35-22)28(32)31-18-20-13-23(33-6)17-24(14-20)34-7/h8-9,12-14,16-17H,10-11,15,18H2,1-7H3,(H,31,32). The van der Waals surface area contributed by atoms with E-state index in [0.717, 1.165) is 11.3 Å². The highest BCUT2D eigenvalue weighted by molar-refractivity contribution is 5.91. The van der Waals surface area contributed by atoms with E-state index in [9.17, 15) is 4.79 Å². The number of carbonyl (C=O) groups excluding carboxylic acids is 1. The molecule has 1 amide bonds. The molecule has 0 bridgehead atoms. The lowest BCUT2D eigenvalue weighted by molar-refractivity contribution is 0.0921. The summed E-state index contributed by atoms with van der Waals surface area (Å²) < 4.78 is 16.6. The van der Waals surface area contributed by atoms with Crippen molar-refractivity contribution in [1.29, 1.82) is 0 Å². The lowest BCUT2D eigenvalue weighted by atomic mass is 9.62. The predicted octanol–water partition coefficient (Wildman–Crippen LogP) is 6.48. The van der Waals surface area contributed by atoms with Crippen molar-refractivity contribution in [2.45, 2.75) is 71.3 Å². The topological polar surface area (TPSA) is 60.7 Å². The molecule has 0 spiro atoms. The number of ether oxygens (including phenoxy) is 2. The normalized spacial score (nSPS) is 15.9. The van der Waals surface area contributed by atoms with Gasteiger partial charge in [0.2, 0.25) is 0 Å². The molecule has 0 atom stereocenters. The first kappa shape index (κ1) is 24.9. The van der Waals surface area contributed by atoms with Gasteiger partial charge in [-0.15, -0.1) is 0 Å². The largest absolute Gasteiger partial charge is 0.497 e. The fourth-order valence-corrected chi connectivity index (χ4v) is 4.98. The Morgan fingerprint density at radius 1 is 0.914 bits per heavy atom. The monoisotopic (exact) mass is 475 g/mol. The molecule has 5 nitrogen and oxygen atoms in total. The number of fused-ring (bicyclic) bond motifs is 1. The maximum absolute atomic E-state index is 12.7. The van der Waals surface area contributed by atoms with Crippen LogP contribution in [0.25, 0.3) is 0 Å². The summed E-state index contributed by atoms with van der Waals surface area (Å²) in [7, 11) is 3.21. The Hall–Kier alpha value is -3.21. The number of hydrogen-bond acceptors (Lipinski definition) is 4. The first-order chi connectivity index (χ1) is 16.5. The summed E-state index contributed by atoms with van der Waals surface area (Å²) in [5, 5.41) is 2.92. The van der Waals surface area contributed by atoms with Crippen molar-refractivity contribution in [2.24, 2.45) is 0 Å². The zero-order chi connectivity index (χ0) is 25.4. The van der Waals surface area contributed by atoms with Gasteiger partial charge < -0.3 is 19.2 Å².